The van der Waals surface area contributed by atoms with Gasteiger partial charge in [-0.25, -0.2) is 9.97 Å². The van der Waals surface area contributed by atoms with Gasteiger partial charge in [-0.15, -0.1) is 0 Å². The first-order valence-corrected chi connectivity index (χ1v) is 5.95. The minimum atomic E-state index is -0.839. The van der Waals surface area contributed by atoms with Crippen LogP contribution in [-0.2, 0) is 7.05 Å². The van der Waals surface area contributed by atoms with Crippen molar-refractivity contribution < 1.29 is 9.90 Å². The van der Waals surface area contributed by atoms with Crippen LogP contribution in [0.2, 0.25) is 0 Å². The number of nitrogens with zero attached hydrogens (tertiary/aromatic N) is 3. The summed E-state index contributed by atoms with van der Waals surface area (Å²) in [7, 11) is 1.79. The van der Waals surface area contributed by atoms with Gasteiger partial charge in [0, 0.05) is 25.1 Å². The molecule has 0 aliphatic heterocycles. The fraction of sp³-hybridized carbons (Fsp3) is 0.308. The van der Waals surface area contributed by atoms with Gasteiger partial charge in [-0.2, -0.15) is 0 Å². The number of aromatic nitrogens is 3. The number of imidazole rings is 1. The Labute approximate surface area is 111 Å². The van der Waals surface area contributed by atoms with Crippen LogP contribution in [0, 0.1) is 6.92 Å². The lowest BCUT2D eigenvalue weighted by Gasteiger charge is -2.11. The Hall–Kier alpha value is -2.21. The molecule has 2 N–H and O–H groups in total. The van der Waals surface area contributed by atoms with Gasteiger partial charge in [0.1, 0.15) is 17.6 Å². The lowest BCUT2D eigenvalue weighted by Crippen LogP contribution is -2.30. The highest BCUT2D eigenvalue weighted by molar-refractivity contribution is 5.92. The molecule has 0 radical (unpaired) electrons. The first kappa shape index (κ1) is 13.2. The number of aliphatic hydroxyl groups is 1. The molecule has 0 fully saturated rings. The van der Waals surface area contributed by atoms with Crippen molar-refractivity contribution in [1.82, 2.24) is 19.9 Å². The summed E-state index contributed by atoms with van der Waals surface area (Å²) < 4.78 is 1.71. The fourth-order valence-corrected chi connectivity index (χ4v) is 1.74. The maximum absolute atomic E-state index is 11.8. The molecule has 1 unspecified atom stereocenters. The molecular weight excluding hydrogens is 244 g/mol. The van der Waals surface area contributed by atoms with Gasteiger partial charge in [0.05, 0.1) is 6.54 Å². The van der Waals surface area contributed by atoms with Gasteiger partial charge in [0.25, 0.3) is 5.91 Å². The Morgan fingerprint density at radius 3 is 2.95 bits per heavy atom. The predicted molar refractivity (Wildman–Crippen MR) is 69.5 cm³/mol. The van der Waals surface area contributed by atoms with Crippen LogP contribution >= 0.6 is 0 Å². The summed E-state index contributed by atoms with van der Waals surface area (Å²) in [5.41, 5.74) is 1.12. The van der Waals surface area contributed by atoms with Crippen LogP contribution in [-0.4, -0.2) is 32.1 Å². The normalized spacial score (nSPS) is 12.2. The molecule has 2 rings (SSSR count). The van der Waals surface area contributed by atoms with Gasteiger partial charge in [0.2, 0.25) is 0 Å². The van der Waals surface area contributed by atoms with Gasteiger partial charge in [0.15, 0.2) is 0 Å². The van der Waals surface area contributed by atoms with Gasteiger partial charge in [-0.1, -0.05) is 6.07 Å². The van der Waals surface area contributed by atoms with Crippen molar-refractivity contribution in [2.45, 2.75) is 13.0 Å². The number of aryl methyl sites for hydroxylation is 2. The van der Waals surface area contributed by atoms with Crippen LogP contribution in [0.5, 0.6) is 0 Å². The smallest absolute Gasteiger partial charge is 0.269 e. The highest BCUT2D eigenvalue weighted by Gasteiger charge is 2.14. The molecule has 0 saturated heterocycles. The van der Waals surface area contributed by atoms with Gasteiger partial charge in [-0.05, 0) is 19.1 Å². The molecule has 0 aromatic carbocycles. The molecule has 6 nitrogen and oxygen atoms in total. The Bertz CT molecular complexity index is 580. The number of nitrogens with one attached hydrogen (secondary N) is 1. The van der Waals surface area contributed by atoms with E-state index in [4.69, 9.17) is 0 Å². The van der Waals surface area contributed by atoms with Crippen molar-refractivity contribution in [2.24, 2.45) is 7.05 Å². The number of hydrogen-bond acceptors (Lipinski definition) is 4. The van der Waals surface area contributed by atoms with Crippen molar-refractivity contribution in [1.29, 1.82) is 0 Å². The minimum Gasteiger partial charge on any atom is -0.383 e. The summed E-state index contributed by atoms with van der Waals surface area (Å²) in [5.74, 6) is 0.203. The highest BCUT2D eigenvalue weighted by Crippen LogP contribution is 2.08. The molecule has 6 heteroatoms. The molecule has 2 heterocycles. The van der Waals surface area contributed by atoms with Crippen molar-refractivity contribution in [3.63, 3.8) is 0 Å². The molecule has 100 valence electrons. The molecule has 0 aliphatic carbocycles. The Morgan fingerprint density at radius 2 is 2.32 bits per heavy atom. The lowest BCUT2D eigenvalue weighted by molar-refractivity contribution is 0.0904. The van der Waals surface area contributed by atoms with E-state index in [9.17, 15) is 9.90 Å². The van der Waals surface area contributed by atoms with E-state index in [2.05, 4.69) is 15.3 Å². The average molecular weight is 260 g/mol. The topological polar surface area (TPSA) is 80.0 Å². The molecule has 0 bridgehead atoms. The predicted octanol–water partition coefficient (Wildman–Crippen LogP) is 0.587. The van der Waals surface area contributed by atoms with Crippen LogP contribution in [0.15, 0.2) is 30.6 Å². The first-order chi connectivity index (χ1) is 9.08. The quantitative estimate of drug-likeness (QED) is 0.843. The summed E-state index contributed by atoms with van der Waals surface area (Å²) in [5, 5.41) is 12.6. The highest BCUT2D eigenvalue weighted by atomic mass is 16.3. The number of hydrogen-bond donors (Lipinski definition) is 2. The van der Waals surface area contributed by atoms with Crippen molar-refractivity contribution >= 4 is 5.91 Å². The maximum Gasteiger partial charge on any atom is 0.269 e. The van der Waals surface area contributed by atoms with E-state index in [0.717, 1.165) is 5.69 Å². The molecule has 0 spiro atoms. The third-order valence-corrected chi connectivity index (χ3v) is 2.73. The lowest BCUT2D eigenvalue weighted by atomic mass is 10.3. The van der Waals surface area contributed by atoms with Crippen LogP contribution in [0.1, 0.15) is 28.1 Å². The van der Waals surface area contributed by atoms with E-state index in [1.807, 2.05) is 13.0 Å². The first-order valence-electron chi connectivity index (χ1n) is 5.95. The van der Waals surface area contributed by atoms with Gasteiger partial charge >= 0.3 is 0 Å². The summed E-state index contributed by atoms with van der Waals surface area (Å²) >= 11 is 0. The Kier molecular flexibility index (Phi) is 3.91. The SMILES string of the molecule is Cc1cccc(C(=O)NCC(O)c2nccn2C)n1. The van der Waals surface area contributed by atoms with E-state index >= 15 is 0 Å². The van der Waals surface area contributed by atoms with Crippen molar-refractivity contribution in [3.05, 3.63) is 47.8 Å². The molecule has 0 saturated carbocycles. The molecule has 2 aromatic heterocycles. The molecule has 1 atom stereocenters. The number of rotatable bonds is 4. The zero-order valence-electron chi connectivity index (χ0n) is 10.9. The number of carbonyl (C=O) groups is 1. The third kappa shape index (κ3) is 3.17. The summed E-state index contributed by atoms with van der Waals surface area (Å²) in [4.78, 5) is 20.0. The van der Waals surface area contributed by atoms with Crippen LogP contribution in [0.3, 0.4) is 0 Å². The third-order valence-electron chi connectivity index (χ3n) is 2.73. The zero-order chi connectivity index (χ0) is 13.8. The van der Waals surface area contributed by atoms with Crippen molar-refractivity contribution in [3.8, 4) is 0 Å². The number of pyridine rings is 1. The average Bonchev–Trinajstić information content (AvgIpc) is 2.82. The molecule has 1 amide bonds. The second kappa shape index (κ2) is 5.62. The number of carbonyl (C=O) groups excluding carboxylic acids is 1. The Morgan fingerprint density at radius 1 is 1.53 bits per heavy atom. The van der Waals surface area contributed by atoms with Gasteiger partial charge in [-0.3, -0.25) is 4.79 Å². The minimum absolute atomic E-state index is 0.0965. The van der Waals surface area contributed by atoms with E-state index in [0.29, 0.717) is 11.5 Å². The van der Waals surface area contributed by atoms with Crippen LogP contribution in [0.25, 0.3) is 0 Å². The van der Waals surface area contributed by atoms with Crippen LogP contribution < -0.4 is 5.32 Å². The van der Waals surface area contributed by atoms with E-state index in [1.54, 1.807) is 36.1 Å². The van der Waals surface area contributed by atoms with Crippen molar-refractivity contribution in [2.75, 3.05) is 6.54 Å². The second-order valence-corrected chi connectivity index (χ2v) is 4.29. The molecule has 2 aromatic rings. The van der Waals surface area contributed by atoms with E-state index < -0.39 is 6.10 Å². The zero-order valence-corrected chi connectivity index (χ0v) is 10.9. The largest absolute Gasteiger partial charge is 0.383 e. The fourth-order valence-electron chi connectivity index (χ4n) is 1.74. The monoisotopic (exact) mass is 260 g/mol. The standard InChI is InChI=1S/C13H16N4O2/c1-9-4-3-5-10(16-9)13(19)15-8-11(18)12-14-6-7-17(12)2/h3-7,11,18H,8H2,1-2H3,(H,15,19). The van der Waals surface area contributed by atoms with E-state index in [1.165, 1.54) is 0 Å². The molecule has 19 heavy (non-hydrogen) atoms. The summed E-state index contributed by atoms with van der Waals surface area (Å²) in [6.07, 6.45) is 2.50. The summed E-state index contributed by atoms with van der Waals surface area (Å²) in [6.45, 7) is 1.92. The second-order valence-electron chi connectivity index (χ2n) is 4.29. The Balaban J connectivity index is 1.96. The number of aliphatic hydroxyl groups excluding tert-OH is 1. The molecular formula is C13H16N4O2. The number of amides is 1. The summed E-state index contributed by atoms with van der Waals surface area (Å²) in [6, 6.07) is 5.22. The molecule has 0 aliphatic rings. The maximum atomic E-state index is 11.8. The van der Waals surface area contributed by atoms with E-state index in [-0.39, 0.29) is 12.5 Å². The van der Waals surface area contributed by atoms with Gasteiger partial charge < -0.3 is 15.0 Å². The van der Waals surface area contributed by atoms with Crippen LogP contribution in [0.4, 0.5) is 0 Å².